The van der Waals surface area contributed by atoms with Crippen LogP contribution in [0, 0.1) is 17.0 Å². The Bertz CT molecular complexity index is 651. The quantitative estimate of drug-likeness (QED) is 0.668. The maximum Gasteiger partial charge on any atom is 0.272 e. The minimum atomic E-state index is -0.513. The van der Waals surface area contributed by atoms with Gasteiger partial charge in [0, 0.05) is 18.3 Å². The van der Waals surface area contributed by atoms with E-state index < -0.39 is 10.8 Å². The number of H-pyrrole nitrogens is 1. The molecule has 0 radical (unpaired) electrons. The molecule has 0 aliphatic carbocycles. The van der Waals surface area contributed by atoms with Gasteiger partial charge in [0.05, 0.1) is 15.6 Å². The van der Waals surface area contributed by atoms with Crippen LogP contribution in [0.2, 0.25) is 5.02 Å². The SMILES string of the molecule is Cc1ccc([N+](=O)[O-])cc1NC(=O)c1cc(Cl)c[nH]1. The van der Waals surface area contributed by atoms with Crippen molar-refractivity contribution in [3.05, 3.63) is 56.9 Å². The Balaban J connectivity index is 2.25. The summed E-state index contributed by atoms with van der Waals surface area (Å²) in [5, 5.41) is 13.7. The van der Waals surface area contributed by atoms with Gasteiger partial charge < -0.3 is 10.3 Å². The van der Waals surface area contributed by atoms with E-state index in [-0.39, 0.29) is 11.4 Å². The van der Waals surface area contributed by atoms with Gasteiger partial charge in [0.25, 0.3) is 11.6 Å². The lowest BCUT2D eigenvalue weighted by Gasteiger charge is -2.07. The molecule has 0 spiro atoms. The maximum atomic E-state index is 11.9. The molecule has 0 bridgehead atoms. The molecule has 1 heterocycles. The normalized spacial score (nSPS) is 10.2. The van der Waals surface area contributed by atoms with Gasteiger partial charge in [-0.1, -0.05) is 17.7 Å². The first kappa shape index (κ1) is 13.1. The smallest absolute Gasteiger partial charge is 0.272 e. The molecule has 0 aliphatic heterocycles. The second-order valence-electron chi connectivity index (χ2n) is 3.94. The molecular weight excluding hydrogens is 270 g/mol. The van der Waals surface area contributed by atoms with E-state index in [1.54, 1.807) is 13.0 Å². The topological polar surface area (TPSA) is 88.0 Å². The number of nitro groups is 1. The number of aryl methyl sites for hydroxylation is 1. The number of rotatable bonds is 3. The summed E-state index contributed by atoms with van der Waals surface area (Å²) in [5.74, 6) is -0.407. The number of nitro benzene ring substituents is 1. The lowest BCUT2D eigenvalue weighted by atomic mass is 10.2. The van der Waals surface area contributed by atoms with Crippen LogP contribution in [-0.2, 0) is 0 Å². The first-order chi connectivity index (χ1) is 8.97. The largest absolute Gasteiger partial charge is 0.356 e. The molecule has 0 atom stereocenters. The molecule has 19 heavy (non-hydrogen) atoms. The summed E-state index contributed by atoms with van der Waals surface area (Å²) in [5.41, 5.74) is 1.34. The molecule has 98 valence electrons. The van der Waals surface area contributed by atoms with Crippen LogP contribution in [0.1, 0.15) is 16.1 Å². The number of anilines is 1. The van der Waals surface area contributed by atoms with Crippen LogP contribution in [0.4, 0.5) is 11.4 Å². The number of nitrogens with one attached hydrogen (secondary N) is 2. The minimum absolute atomic E-state index is 0.0783. The van der Waals surface area contributed by atoms with Crippen molar-refractivity contribution in [1.82, 2.24) is 4.98 Å². The average molecular weight is 280 g/mol. The molecular formula is C12H10ClN3O3. The molecule has 2 rings (SSSR count). The van der Waals surface area contributed by atoms with Gasteiger partial charge in [-0.2, -0.15) is 0 Å². The van der Waals surface area contributed by atoms with Crippen molar-refractivity contribution in [2.45, 2.75) is 6.92 Å². The highest BCUT2D eigenvalue weighted by Crippen LogP contribution is 2.22. The average Bonchev–Trinajstić information content (AvgIpc) is 2.78. The lowest BCUT2D eigenvalue weighted by molar-refractivity contribution is -0.384. The summed E-state index contributed by atoms with van der Waals surface area (Å²) < 4.78 is 0. The van der Waals surface area contributed by atoms with Crippen LogP contribution < -0.4 is 5.32 Å². The number of halogens is 1. The summed E-state index contributed by atoms with van der Waals surface area (Å²) in [6.45, 7) is 1.75. The van der Waals surface area contributed by atoms with E-state index in [1.807, 2.05) is 0 Å². The number of hydrogen-bond acceptors (Lipinski definition) is 3. The van der Waals surface area contributed by atoms with Gasteiger partial charge in [-0.15, -0.1) is 0 Å². The van der Waals surface area contributed by atoms with Gasteiger partial charge in [0.15, 0.2) is 0 Å². The van der Waals surface area contributed by atoms with Crippen molar-refractivity contribution in [1.29, 1.82) is 0 Å². The van der Waals surface area contributed by atoms with E-state index in [0.29, 0.717) is 10.7 Å². The van der Waals surface area contributed by atoms with E-state index in [0.717, 1.165) is 5.56 Å². The van der Waals surface area contributed by atoms with Crippen LogP contribution in [0.3, 0.4) is 0 Å². The predicted octanol–water partition coefficient (Wildman–Crippen LogP) is 3.14. The molecule has 0 saturated carbocycles. The van der Waals surface area contributed by atoms with E-state index in [4.69, 9.17) is 11.6 Å². The van der Waals surface area contributed by atoms with Gasteiger partial charge in [0.2, 0.25) is 0 Å². The third-order valence-electron chi connectivity index (χ3n) is 2.57. The lowest BCUT2D eigenvalue weighted by Crippen LogP contribution is -2.13. The second kappa shape index (κ2) is 5.11. The third kappa shape index (κ3) is 2.92. The molecule has 1 aromatic carbocycles. The van der Waals surface area contributed by atoms with Crippen molar-refractivity contribution < 1.29 is 9.72 Å². The number of nitrogens with zero attached hydrogens (tertiary/aromatic N) is 1. The van der Waals surface area contributed by atoms with Crippen LogP contribution >= 0.6 is 11.6 Å². The molecule has 7 heteroatoms. The zero-order valence-electron chi connectivity index (χ0n) is 9.94. The fourth-order valence-corrected chi connectivity index (χ4v) is 1.71. The van der Waals surface area contributed by atoms with E-state index in [2.05, 4.69) is 10.3 Å². The Kier molecular flexibility index (Phi) is 3.52. The van der Waals surface area contributed by atoms with Gasteiger partial charge in [-0.25, -0.2) is 0 Å². The fourth-order valence-electron chi connectivity index (χ4n) is 1.55. The number of hydrogen-bond donors (Lipinski definition) is 2. The van der Waals surface area contributed by atoms with E-state index in [1.165, 1.54) is 24.4 Å². The highest BCUT2D eigenvalue weighted by atomic mass is 35.5. The van der Waals surface area contributed by atoms with Crippen LogP contribution in [0.5, 0.6) is 0 Å². The van der Waals surface area contributed by atoms with E-state index >= 15 is 0 Å². The Morgan fingerprint density at radius 1 is 1.42 bits per heavy atom. The Hall–Kier alpha value is -2.34. The summed E-state index contributed by atoms with van der Waals surface area (Å²) in [6, 6.07) is 5.76. The number of benzene rings is 1. The van der Waals surface area contributed by atoms with Crippen molar-refractivity contribution in [3.8, 4) is 0 Å². The zero-order chi connectivity index (χ0) is 14.0. The molecule has 1 aromatic heterocycles. The highest BCUT2D eigenvalue weighted by molar-refractivity contribution is 6.31. The first-order valence-electron chi connectivity index (χ1n) is 5.37. The molecule has 0 unspecified atom stereocenters. The van der Waals surface area contributed by atoms with Gasteiger partial charge >= 0.3 is 0 Å². The number of carbonyl (C=O) groups is 1. The number of aromatic amines is 1. The monoisotopic (exact) mass is 279 g/mol. The molecule has 2 aromatic rings. The Morgan fingerprint density at radius 3 is 2.74 bits per heavy atom. The van der Waals surface area contributed by atoms with Crippen molar-refractivity contribution in [2.24, 2.45) is 0 Å². The Labute approximate surface area is 113 Å². The van der Waals surface area contributed by atoms with Crippen molar-refractivity contribution in [2.75, 3.05) is 5.32 Å². The van der Waals surface area contributed by atoms with Gasteiger partial charge in [-0.05, 0) is 18.6 Å². The molecule has 6 nitrogen and oxygen atoms in total. The zero-order valence-corrected chi connectivity index (χ0v) is 10.7. The summed E-state index contributed by atoms with van der Waals surface area (Å²) in [4.78, 5) is 24.8. The summed E-state index contributed by atoms with van der Waals surface area (Å²) in [6.07, 6.45) is 1.48. The van der Waals surface area contributed by atoms with Crippen LogP contribution in [0.25, 0.3) is 0 Å². The summed E-state index contributed by atoms with van der Waals surface area (Å²) in [7, 11) is 0. The van der Waals surface area contributed by atoms with Crippen molar-refractivity contribution >= 4 is 28.9 Å². The van der Waals surface area contributed by atoms with Gasteiger partial charge in [-0.3, -0.25) is 14.9 Å². The molecule has 0 fully saturated rings. The number of aromatic nitrogens is 1. The minimum Gasteiger partial charge on any atom is -0.356 e. The van der Waals surface area contributed by atoms with Gasteiger partial charge in [0.1, 0.15) is 5.69 Å². The number of non-ortho nitro benzene ring substituents is 1. The first-order valence-corrected chi connectivity index (χ1v) is 5.75. The fraction of sp³-hybridized carbons (Fsp3) is 0.0833. The molecule has 2 N–H and O–H groups in total. The number of carbonyl (C=O) groups excluding carboxylic acids is 1. The van der Waals surface area contributed by atoms with Crippen molar-refractivity contribution in [3.63, 3.8) is 0 Å². The molecule has 1 amide bonds. The van der Waals surface area contributed by atoms with E-state index in [9.17, 15) is 14.9 Å². The van der Waals surface area contributed by atoms with Crippen LogP contribution in [-0.4, -0.2) is 15.8 Å². The second-order valence-corrected chi connectivity index (χ2v) is 4.38. The number of amides is 1. The van der Waals surface area contributed by atoms with Crippen LogP contribution in [0.15, 0.2) is 30.5 Å². The Morgan fingerprint density at radius 2 is 2.16 bits per heavy atom. The maximum absolute atomic E-state index is 11.9. The third-order valence-corrected chi connectivity index (χ3v) is 2.79. The molecule has 0 aliphatic rings. The standard InChI is InChI=1S/C12H10ClN3O3/c1-7-2-3-9(16(18)19)5-10(7)15-12(17)11-4-8(13)6-14-11/h2-6,14H,1H3,(H,15,17). The summed E-state index contributed by atoms with van der Waals surface area (Å²) >= 11 is 5.70. The predicted molar refractivity (Wildman–Crippen MR) is 71.6 cm³/mol. The highest BCUT2D eigenvalue weighted by Gasteiger charge is 2.13. The molecule has 0 saturated heterocycles.